The molecule has 2 aliphatic rings. The Bertz CT molecular complexity index is 1040. The first-order chi connectivity index (χ1) is 13.8. The van der Waals surface area contributed by atoms with Crippen molar-refractivity contribution in [2.45, 2.75) is 26.2 Å². The maximum Gasteiger partial charge on any atom is 0.317 e. The Morgan fingerprint density at radius 2 is 2.03 bits per heavy atom. The highest BCUT2D eigenvalue weighted by molar-refractivity contribution is 7.89. The van der Waals surface area contributed by atoms with Crippen LogP contribution in [0.15, 0.2) is 23.4 Å². The topological polar surface area (TPSA) is 134 Å². The van der Waals surface area contributed by atoms with Crippen LogP contribution in [0.5, 0.6) is 0 Å². The Morgan fingerprint density at radius 3 is 2.67 bits per heavy atom. The monoisotopic (exact) mass is 455 g/mol. The molecule has 12 heteroatoms. The first kappa shape index (κ1) is 22.4. The molecule has 2 aliphatic heterocycles. The highest BCUT2D eigenvalue weighted by Crippen LogP contribution is 2.42. The van der Waals surface area contributed by atoms with E-state index in [0.717, 1.165) is 4.88 Å². The quantitative estimate of drug-likeness (QED) is 0.570. The van der Waals surface area contributed by atoms with Gasteiger partial charge in [-0.15, -0.1) is 4.59 Å². The number of carbonyl (C=O) groups excluding carboxylic acids is 2. The van der Waals surface area contributed by atoms with Crippen molar-refractivity contribution in [1.29, 1.82) is 0 Å². The minimum Gasteiger partial charge on any atom is -0.351 e. The van der Waals surface area contributed by atoms with Gasteiger partial charge in [0.1, 0.15) is 18.8 Å². The maximum absolute atomic E-state index is 13.4. The van der Waals surface area contributed by atoms with Gasteiger partial charge in [-0.1, -0.05) is 37.2 Å². The molecule has 0 radical (unpaired) electrons. The van der Waals surface area contributed by atoms with E-state index in [1.54, 1.807) is 24.2 Å². The molecule has 3 heterocycles. The zero-order chi connectivity index (χ0) is 22.3. The van der Waals surface area contributed by atoms with Crippen LogP contribution in [0.25, 0.3) is 0 Å². The molecular weight excluding hydrogens is 428 g/mol. The molecule has 0 saturated carbocycles. The van der Waals surface area contributed by atoms with Gasteiger partial charge in [-0.05, 0) is 11.5 Å². The number of hydrogen-bond acceptors (Lipinski definition) is 6. The highest BCUT2D eigenvalue weighted by Gasteiger charge is 2.39. The number of nitrogens with zero attached hydrogens (tertiary/aromatic N) is 3. The van der Waals surface area contributed by atoms with Crippen molar-refractivity contribution in [3.05, 3.63) is 28.8 Å². The fourth-order valence-electron chi connectivity index (χ4n) is 3.18. The van der Waals surface area contributed by atoms with Gasteiger partial charge in [-0.3, -0.25) is 10.1 Å². The number of rotatable bonds is 2. The second-order valence-electron chi connectivity index (χ2n) is 8.40. The van der Waals surface area contributed by atoms with Crippen LogP contribution >= 0.6 is 11.3 Å². The predicted molar refractivity (Wildman–Crippen MR) is 118 cm³/mol. The molecule has 30 heavy (non-hydrogen) atoms. The molecule has 0 spiro atoms. The van der Waals surface area contributed by atoms with Gasteiger partial charge in [-0.25, -0.2) is 17.9 Å². The zero-order valence-corrected chi connectivity index (χ0v) is 19.1. The van der Waals surface area contributed by atoms with Crippen LogP contribution in [0.3, 0.4) is 0 Å². The lowest BCUT2D eigenvalue weighted by Gasteiger charge is -2.23. The molecule has 0 bridgehead atoms. The van der Waals surface area contributed by atoms with Crippen molar-refractivity contribution < 1.29 is 18.0 Å². The summed E-state index contributed by atoms with van der Waals surface area (Å²) in [6.07, 6.45) is 3.40. The molecule has 164 valence electrons. The molecule has 1 fully saturated rings. The molecule has 1 unspecified atom stereocenters. The van der Waals surface area contributed by atoms with E-state index in [-0.39, 0.29) is 41.3 Å². The summed E-state index contributed by atoms with van der Waals surface area (Å²) in [6.45, 7) is 6.75. The summed E-state index contributed by atoms with van der Waals surface area (Å²) >= 11 is 1.47. The fraction of sp³-hybridized carbons (Fsp3) is 0.500. The fourth-order valence-corrected chi connectivity index (χ4v) is 5.42. The van der Waals surface area contributed by atoms with Crippen molar-refractivity contribution >= 4 is 44.1 Å². The van der Waals surface area contributed by atoms with Gasteiger partial charge in [0.25, 0.3) is 5.91 Å². The van der Waals surface area contributed by atoms with Crippen molar-refractivity contribution in [3.63, 3.8) is 0 Å². The number of hydrogen-bond donors (Lipinski definition) is 3. The van der Waals surface area contributed by atoms with Crippen molar-refractivity contribution in [2.75, 3.05) is 32.4 Å². The van der Waals surface area contributed by atoms with Crippen LogP contribution in [0.4, 0.5) is 9.80 Å². The largest absolute Gasteiger partial charge is 0.351 e. The second kappa shape index (κ2) is 7.76. The van der Waals surface area contributed by atoms with Gasteiger partial charge in [0.05, 0.1) is 5.75 Å². The van der Waals surface area contributed by atoms with Crippen LogP contribution in [-0.4, -0.2) is 63.5 Å². The van der Waals surface area contributed by atoms with E-state index < -0.39 is 16.1 Å². The Kier molecular flexibility index (Phi) is 5.80. The highest BCUT2D eigenvalue weighted by atomic mass is 32.2. The number of primary amides is 1. The van der Waals surface area contributed by atoms with Crippen LogP contribution in [0.2, 0.25) is 0 Å². The molecule has 1 aromatic heterocycles. The van der Waals surface area contributed by atoms with Crippen LogP contribution in [0, 0.1) is 0 Å². The number of quaternary nitrogens is 1. The number of thiophene rings is 1. The van der Waals surface area contributed by atoms with Gasteiger partial charge >= 0.3 is 6.03 Å². The summed E-state index contributed by atoms with van der Waals surface area (Å²) in [5, 5.41) is 7.65. The Hall–Kier alpha value is -2.28. The molecule has 3 amide bonds. The predicted octanol–water partition coefficient (Wildman–Crippen LogP) is 0.867. The van der Waals surface area contributed by atoms with E-state index in [1.807, 2.05) is 6.07 Å². The lowest BCUT2D eigenvalue weighted by atomic mass is 9.94. The number of carbonyl (C=O) groups is 2. The standard InChI is InChI=1S/C18H26N6O4S2/c1-18(2,3)13-11-12(15(25)23-7-6-20-30(27,28)10-8-23)16(29-13)24(4)9-5-14(22-24)21-17(19)26/h5,9,11,20H,6-8,10H2,1-4H3,(H2-,19,21,22,26)/p+1. The molecule has 1 aromatic rings. The van der Waals surface area contributed by atoms with Crippen LogP contribution in [-0.2, 0) is 15.4 Å². The van der Waals surface area contributed by atoms with Gasteiger partial charge < -0.3 is 10.6 Å². The minimum absolute atomic E-state index is 0.0537. The lowest BCUT2D eigenvalue weighted by molar-refractivity contribution is 0.0771. The average Bonchev–Trinajstić information content (AvgIpc) is 3.17. The van der Waals surface area contributed by atoms with E-state index in [4.69, 9.17) is 5.73 Å². The number of amides is 3. The minimum atomic E-state index is -3.37. The molecule has 0 aromatic carbocycles. The van der Waals surface area contributed by atoms with Crippen molar-refractivity contribution in [1.82, 2.24) is 19.5 Å². The van der Waals surface area contributed by atoms with Crippen molar-refractivity contribution in [2.24, 2.45) is 10.8 Å². The van der Waals surface area contributed by atoms with Gasteiger partial charge in [-0.2, -0.15) is 0 Å². The van der Waals surface area contributed by atoms with Crippen LogP contribution in [0.1, 0.15) is 36.0 Å². The molecule has 3 rings (SSSR count). The number of nitrogens with two attached hydrogens (primary N) is 1. The van der Waals surface area contributed by atoms with Gasteiger partial charge in [0.2, 0.25) is 15.0 Å². The summed E-state index contributed by atoms with van der Waals surface area (Å²) in [5.41, 5.74) is 5.47. The van der Waals surface area contributed by atoms with Crippen molar-refractivity contribution in [3.8, 4) is 0 Å². The first-order valence-corrected chi connectivity index (χ1v) is 11.9. The first-order valence-electron chi connectivity index (χ1n) is 9.44. The van der Waals surface area contributed by atoms with Crippen LogP contribution < -0.4 is 20.4 Å². The number of sulfonamides is 1. The van der Waals surface area contributed by atoms with Gasteiger partial charge in [0, 0.05) is 30.6 Å². The summed E-state index contributed by atoms with van der Waals surface area (Å²) < 4.78 is 26.1. The van der Waals surface area contributed by atoms with E-state index >= 15 is 0 Å². The molecule has 0 aliphatic carbocycles. The number of urea groups is 1. The van der Waals surface area contributed by atoms with Gasteiger partial charge in [0.15, 0.2) is 5.84 Å². The molecule has 1 saturated heterocycles. The molecular formula is C18H27N6O4S2+. The molecule has 4 N–H and O–H groups in total. The SMILES string of the molecule is CC(C)(C)c1cc(C(=O)N2CCNS(=O)(=O)CC2)c([N+]2(C)C=CC(NC(N)=O)=N2)s1. The van der Waals surface area contributed by atoms with E-state index in [0.29, 0.717) is 16.4 Å². The summed E-state index contributed by atoms with van der Waals surface area (Å²) in [4.78, 5) is 27.2. The van der Waals surface area contributed by atoms with E-state index in [9.17, 15) is 18.0 Å². The third-order valence-electron chi connectivity index (χ3n) is 4.80. The number of amidine groups is 1. The summed E-state index contributed by atoms with van der Waals surface area (Å²) in [7, 11) is -1.57. The average molecular weight is 456 g/mol. The molecule has 1 atom stereocenters. The van der Waals surface area contributed by atoms with E-state index in [1.165, 1.54) is 11.3 Å². The second-order valence-corrected chi connectivity index (χ2v) is 11.4. The lowest BCUT2D eigenvalue weighted by Crippen LogP contribution is -2.38. The third kappa shape index (κ3) is 4.72. The zero-order valence-electron chi connectivity index (χ0n) is 17.4. The Morgan fingerprint density at radius 1 is 1.33 bits per heavy atom. The van der Waals surface area contributed by atoms with E-state index in [2.05, 4.69) is 35.9 Å². The molecule has 10 nitrogen and oxygen atoms in total. The Balaban J connectivity index is 2.01. The third-order valence-corrected chi connectivity index (χ3v) is 7.90. The maximum atomic E-state index is 13.4. The smallest absolute Gasteiger partial charge is 0.317 e. The Labute approximate surface area is 180 Å². The number of nitrogens with one attached hydrogen (secondary N) is 2. The normalized spacial score (nSPS) is 23.7. The summed E-state index contributed by atoms with van der Waals surface area (Å²) in [6, 6.07) is 1.14. The summed E-state index contributed by atoms with van der Waals surface area (Å²) in [5.74, 6) is -0.0737.